The Labute approximate surface area is 143 Å². The summed E-state index contributed by atoms with van der Waals surface area (Å²) in [6, 6.07) is 8.62. The Balaban J connectivity index is 1.56. The van der Waals surface area contributed by atoms with Crippen LogP contribution in [0.15, 0.2) is 47.3 Å². The second-order valence-corrected chi connectivity index (χ2v) is 5.94. The average Bonchev–Trinajstić information content (AvgIpc) is 3.30. The zero-order valence-corrected chi connectivity index (χ0v) is 13.4. The number of aromatic nitrogens is 2. The lowest BCUT2D eigenvalue weighted by Gasteiger charge is -2.25. The molecule has 0 atom stereocenters. The molecule has 1 aliphatic rings. The number of imidazole rings is 1. The number of benzene rings is 1. The largest absolute Gasteiger partial charge is 0.472 e. The van der Waals surface area contributed by atoms with Gasteiger partial charge < -0.3 is 20.0 Å². The van der Waals surface area contributed by atoms with Crippen LogP contribution in [0.25, 0.3) is 11.4 Å². The molecular formula is C18H16N4O3. The fraction of sp³-hybridized carbons (Fsp3) is 0.167. The average molecular weight is 336 g/mol. The van der Waals surface area contributed by atoms with E-state index in [-0.39, 0.29) is 5.91 Å². The molecule has 3 heterocycles. The van der Waals surface area contributed by atoms with Crippen LogP contribution in [0.5, 0.6) is 0 Å². The molecule has 1 aromatic carbocycles. The van der Waals surface area contributed by atoms with Crippen LogP contribution in [0.3, 0.4) is 0 Å². The molecule has 25 heavy (non-hydrogen) atoms. The molecule has 0 aliphatic carbocycles. The minimum absolute atomic E-state index is 0.0543. The molecule has 1 aliphatic heterocycles. The van der Waals surface area contributed by atoms with Crippen LogP contribution in [0.4, 0.5) is 0 Å². The van der Waals surface area contributed by atoms with Gasteiger partial charge >= 0.3 is 0 Å². The third-order valence-corrected chi connectivity index (χ3v) is 4.33. The number of amides is 2. The highest BCUT2D eigenvalue weighted by Crippen LogP contribution is 2.24. The van der Waals surface area contributed by atoms with Crippen LogP contribution >= 0.6 is 0 Å². The Morgan fingerprint density at radius 2 is 1.96 bits per heavy atom. The number of furan rings is 1. The summed E-state index contributed by atoms with van der Waals surface area (Å²) in [4.78, 5) is 33.3. The molecule has 126 valence electrons. The van der Waals surface area contributed by atoms with E-state index in [0.29, 0.717) is 30.6 Å². The van der Waals surface area contributed by atoms with Crippen LogP contribution in [-0.2, 0) is 13.0 Å². The zero-order valence-electron chi connectivity index (χ0n) is 13.4. The zero-order chi connectivity index (χ0) is 17.4. The summed E-state index contributed by atoms with van der Waals surface area (Å²) in [5, 5.41) is 0. The van der Waals surface area contributed by atoms with E-state index in [1.807, 2.05) is 0 Å². The summed E-state index contributed by atoms with van der Waals surface area (Å²) in [5.74, 6) is 0.207. The van der Waals surface area contributed by atoms with Gasteiger partial charge in [0.1, 0.15) is 12.1 Å². The summed E-state index contributed by atoms with van der Waals surface area (Å²) in [6.07, 6.45) is 3.64. The van der Waals surface area contributed by atoms with Gasteiger partial charge in [0.2, 0.25) is 5.91 Å². The maximum atomic E-state index is 12.4. The fourth-order valence-electron chi connectivity index (χ4n) is 2.96. The monoisotopic (exact) mass is 336 g/mol. The lowest BCUT2D eigenvalue weighted by atomic mass is 10.1. The predicted molar refractivity (Wildman–Crippen MR) is 89.7 cm³/mol. The van der Waals surface area contributed by atoms with Crippen LogP contribution in [0.2, 0.25) is 0 Å². The van der Waals surface area contributed by atoms with Crippen molar-refractivity contribution in [2.45, 2.75) is 13.0 Å². The van der Waals surface area contributed by atoms with Gasteiger partial charge in [-0.3, -0.25) is 9.59 Å². The highest BCUT2D eigenvalue weighted by molar-refractivity contribution is 5.94. The molecule has 0 saturated carbocycles. The molecule has 0 saturated heterocycles. The van der Waals surface area contributed by atoms with Crippen molar-refractivity contribution < 1.29 is 14.0 Å². The Bertz CT molecular complexity index is 926. The molecule has 2 aromatic heterocycles. The van der Waals surface area contributed by atoms with E-state index in [1.165, 1.54) is 12.5 Å². The van der Waals surface area contributed by atoms with Gasteiger partial charge in [-0.25, -0.2) is 4.98 Å². The highest BCUT2D eigenvalue weighted by Gasteiger charge is 2.25. The van der Waals surface area contributed by atoms with E-state index >= 15 is 0 Å². The Morgan fingerprint density at radius 3 is 2.64 bits per heavy atom. The summed E-state index contributed by atoms with van der Waals surface area (Å²) >= 11 is 0. The Hall–Kier alpha value is -3.35. The number of rotatable bonds is 3. The van der Waals surface area contributed by atoms with Gasteiger partial charge in [0, 0.05) is 24.1 Å². The lowest BCUT2D eigenvalue weighted by Crippen LogP contribution is -2.35. The second kappa shape index (κ2) is 5.94. The van der Waals surface area contributed by atoms with E-state index in [9.17, 15) is 9.59 Å². The van der Waals surface area contributed by atoms with Crippen molar-refractivity contribution in [2.75, 3.05) is 6.54 Å². The van der Waals surface area contributed by atoms with Gasteiger partial charge in [-0.05, 0) is 18.2 Å². The molecule has 4 rings (SSSR count). The minimum Gasteiger partial charge on any atom is -0.472 e. The molecule has 0 radical (unpaired) electrons. The van der Waals surface area contributed by atoms with Gasteiger partial charge in [0.05, 0.1) is 29.8 Å². The van der Waals surface area contributed by atoms with Crippen LogP contribution in [0, 0.1) is 0 Å². The van der Waals surface area contributed by atoms with E-state index in [0.717, 1.165) is 22.8 Å². The molecule has 3 aromatic rings. The number of nitrogens with one attached hydrogen (secondary N) is 1. The first-order valence-corrected chi connectivity index (χ1v) is 7.91. The molecule has 0 bridgehead atoms. The fourth-order valence-corrected chi connectivity index (χ4v) is 2.96. The van der Waals surface area contributed by atoms with Crippen molar-refractivity contribution in [2.24, 2.45) is 5.73 Å². The van der Waals surface area contributed by atoms with Gasteiger partial charge in [-0.15, -0.1) is 0 Å². The third-order valence-electron chi connectivity index (χ3n) is 4.33. The number of fused-ring (bicyclic) bond motifs is 1. The third kappa shape index (κ3) is 2.80. The predicted octanol–water partition coefficient (Wildman–Crippen LogP) is 1.97. The van der Waals surface area contributed by atoms with Crippen molar-refractivity contribution in [3.05, 3.63) is 65.4 Å². The maximum absolute atomic E-state index is 12.4. The number of hydrogen-bond donors (Lipinski definition) is 2. The first-order chi connectivity index (χ1) is 12.1. The van der Waals surface area contributed by atoms with Crippen LogP contribution in [-0.4, -0.2) is 33.2 Å². The minimum atomic E-state index is -0.460. The van der Waals surface area contributed by atoms with Crippen molar-refractivity contribution in [1.29, 1.82) is 0 Å². The second-order valence-electron chi connectivity index (χ2n) is 5.94. The Kier molecular flexibility index (Phi) is 3.61. The van der Waals surface area contributed by atoms with Gasteiger partial charge in [-0.1, -0.05) is 12.1 Å². The SMILES string of the molecule is NC(=O)c1ccc(-c2nc3c([nH]2)CN(C(=O)c2ccoc2)CC3)cc1. The van der Waals surface area contributed by atoms with E-state index in [1.54, 1.807) is 35.2 Å². The van der Waals surface area contributed by atoms with E-state index in [4.69, 9.17) is 10.2 Å². The molecule has 7 nitrogen and oxygen atoms in total. The number of H-pyrrole nitrogens is 1. The topological polar surface area (TPSA) is 105 Å². The molecule has 0 fully saturated rings. The quantitative estimate of drug-likeness (QED) is 0.762. The summed E-state index contributed by atoms with van der Waals surface area (Å²) in [7, 11) is 0. The van der Waals surface area contributed by atoms with Crippen molar-refractivity contribution in [3.63, 3.8) is 0 Å². The summed E-state index contributed by atoms with van der Waals surface area (Å²) in [6.45, 7) is 1.09. The first-order valence-electron chi connectivity index (χ1n) is 7.91. The van der Waals surface area contributed by atoms with Gasteiger partial charge in [0.25, 0.3) is 5.91 Å². The van der Waals surface area contributed by atoms with Crippen molar-refractivity contribution in [1.82, 2.24) is 14.9 Å². The highest BCUT2D eigenvalue weighted by atomic mass is 16.3. The van der Waals surface area contributed by atoms with Gasteiger partial charge in [0.15, 0.2) is 0 Å². The number of hydrogen-bond acceptors (Lipinski definition) is 4. The molecule has 0 unspecified atom stereocenters. The standard InChI is InChI=1S/C18H16N4O3/c19-16(23)11-1-3-12(4-2-11)17-20-14-5-7-22(9-15(14)21-17)18(24)13-6-8-25-10-13/h1-4,6,8,10H,5,7,9H2,(H2,19,23)(H,20,21). The molecule has 0 spiro atoms. The van der Waals surface area contributed by atoms with Crippen LogP contribution in [0.1, 0.15) is 32.1 Å². The normalized spacial score (nSPS) is 13.5. The smallest absolute Gasteiger partial charge is 0.257 e. The van der Waals surface area contributed by atoms with Crippen molar-refractivity contribution >= 4 is 11.8 Å². The van der Waals surface area contributed by atoms with Crippen molar-refractivity contribution in [3.8, 4) is 11.4 Å². The van der Waals surface area contributed by atoms with E-state index < -0.39 is 5.91 Å². The van der Waals surface area contributed by atoms with Crippen LogP contribution < -0.4 is 5.73 Å². The van der Waals surface area contributed by atoms with Gasteiger partial charge in [-0.2, -0.15) is 0 Å². The number of aromatic amines is 1. The molecule has 3 N–H and O–H groups in total. The Morgan fingerprint density at radius 1 is 1.16 bits per heavy atom. The summed E-state index contributed by atoms with van der Waals surface area (Å²) in [5.41, 5.74) is 9.02. The molecular weight excluding hydrogens is 320 g/mol. The molecule has 2 amide bonds. The molecule has 7 heteroatoms. The number of carbonyl (C=O) groups is 2. The number of nitrogens with two attached hydrogens (primary N) is 1. The lowest BCUT2D eigenvalue weighted by molar-refractivity contribution is 0.0731. The maximum Gasteiger partial charge on any atom is 0.257 e. The number of carbonyl (C=O) groups excluding carboxylic acids is 2. The number of nitrogens with zero attached hydrogens (tertiary/aromatic N) is 2. The summed E-state index contributed by atoms with van der Waals surface area (Å²) < 4.78 is 4.98. The van der Waals surface area contributed by atoms with E-state index in [2.05, 4.69) is 9.97 Å². The first kappa shape index (κ1) is 15.2. The number of primary amides is 1.